The van der Waals surface area contributed by atoms with Crippen LogP contribution in [0.5, 0.6) is 0 Å². The minimum Gasteiger partial charge on any atom is -0.480 e. The zero-order valence-corrected chi connectivity index (χ0v) is 27.7. The number of alkyl carbamates (subject to hydrolysis) is 2. The Balaban J connectivity index is 0.000000307. The summed E-state index contributed by atoms with van der Waals surface area (Å²) in [4.78, 5) is 35.4. The summed E-state index contributed by atoms with van der Waals surface area (Å²) in [5, 5.41) is 14.4. The molecule has 0 saturated heterocycles. The van der Waals surface area contributed by atoms with Crippen molar-refractivity contribution < 1.29 is 29.0 Å². The van der Waals surface area contributed by atoms with Gasteiger partial charge in [0, 0.05) is 12.5 Å². The van der Waals surface area contributed by atoms with E-state index in [1.54, 1.807) is 20.8 Å². The van der Waals surface area contributed by atoms with Crippen molar-refractivity contribution in [1.29, 1.82) is 0 Å². The molecule has 9 nitrogen and oxygen atoms in total. The van der Waals surface area contributed by atoms with Gasteiger partial charge in [-0.2, -0.15) is 0 Å². The van der Waals surface area contributed by atoms with Crippen LogP contribution in [0.25, 0.3) is 11.1 Å². The fraction of sp³-hybridized carbons (Fsp3) is 0.308. The third kappa shape index (κ3) is 10.4. The lowest BCUT2D eigenvalue weighted by Crippen LogP contribution is -2.43. The Bertz CT molecular complexity index is 1550. The molecule has 0 spiro atoms. The minimum absolute atomic E-state index is 0.00611. The number of carbonyl (C=O) groups excluding carboxylic acids is 2. The van der Waals surface area contributed by atoms with E-state index in [1.807, 2.05) is 60.7 Å². The van der Waals surface area contributed by atoms with Gasteiger partial charge in [0.1, 0.15) is 18.2 Å². The van der Waals surface area contributed by atoms with Crippen molar-refractivity contribution in [3.63, 3.8) is 0 Å². The van der Waals surface area contributed by atoms with Gasteiger partial charge in [-0.25, -0.2) is 14.4 Å². The number of amides is 2. The standard InChI is InChI=1S/C26H32N2O6.C13H13N/c1-26(2,3)34-25(32)28-22(23(29)30)14-8-9-15-27-24(31)33-16-21-19-12-6-4-10-17(19)18-11-5-7-13-20(18)21;14-13(11-7-3-1-4-8-11)12-9-5-2-6-10-12/h4-7,10-13,21-22H,8-9,14-16H2,1-3H3,(H,27,31)(H,28,32)(H,29,30);1-10,13H,14H2/t22-;/m0./s1. The molecule has 4 aromatic rings. The van der Waals surface area contributed by atoms with Gasteiger partial charge in [-0.05, 0) is 73.4 Å². The van der Waals surface area contributed by atoms with Gasteiger partial charge in [-0.3, -0.25) is 0 Å². The molecular formula is C39H45N3O6. The van der Waals surface area contributed by atoms with E-state index in [-0.39, 0.29) is 25.0 Å². The van der Waals surface area contributed by atoms with Gasteiger partial charge in [0.2, 0.25) is 0 Å². The molecule has 0 heterocycles. The molecular weight excluding hydrogens is 606 g/mol. The van der Waals surface area contributed by atoms with Crippen LogP contribution >= 0.6 is 0 Å². The van der Waals surface area contributed by atoms with Gasteiger partial charge >= 0.3 is 18.2 Å². The van der Waals surface area contributed by atoms with Crippen LogP contribution in [0.4, 0.5) is 9.59 Å². The lowest BCUT2D eigenvalue weighted by molar-refractivity contribution is -0.139. The molecule has 0 aliphatic heterocycles. The lowest BCUT2D eigenvalue weighted by atomic mass is 9.98. The van der Waals surface area contributed by atoms with Gasteiger partial charge in [0.25, 0.3) is 0 Å². The van der Waals surface area contributed by atoms with Gasteiger partial charge < -0.3 is 30.9 Å². The van der Waals surface area contributed by atoms with E-state index in [9.17, 15) is 19.5 Å². The molecule has 48 heavy (non-hydrogen) atoms. The van der Waals surface area contributed by atoms with Gasteiger partial charge in [0.15, 0.2) is 0 Å². The Morgan fingerprint density at radius 1 is 0.750 bits per heavy atom. The van der Waals surface area contributed by atoms with Gasteiger partial charge in [-0.1, -0.05) is 109 Å². The molecule has 5 N–H and O–H groups in total. The molecule has 4 aromatic carbocycles. The number of hydrogen-bond acceptors (Lipinski definition) is 6. The quantitative estimate of drug-likeness (QED) is 0.124. The Morgan fingerprint density at radius 3 is 1.75 bits per heavy atom. The van der Waals surface area contributed by atoms with Crippen molar-refractivity contribution in [2.45, 2.75) is 63.6 Å². The molecule has 2 amide bonds. The van der Waals surface area contributed by atoms with Crippen LogP contribution in [-0.4, -0.2) is 48.1 Å². The average molecular weight is 652 g/mol. The second-order valence-corrected chi connectivity index (χ2v) is 12.6. The molecule has 1 aliphatic rings. The number of nitrogens with one attached hydrogen (secondary N) is 2. The molecule has 0 aromatic heterocycles. The van der Waals surface area contributed by atoms with Crippen LogP contribution in [0, 0.1) is 0 Å². The smallest absolute Gasteiger partial charge is 0.408 e. The number of carboxylic acids is 1. The Morgan fingerprint density at radius 2 is 1.25 bits per heavy atom. The molecule has 9 heteroatoms. The van der Waals surface area contributed by atoms with Crippen molar-refractivity contribution in [3.05, 3.63) is 131 Å². The second-order valence-electron chi connectivity index (χ2n) is 12.6. The molecule has 0 fully saturated rings. The zero-order valence-electron chi connectivity index (χ0n) is 27.7. The van der Waals surface area contributed by atoms with E-state index in [0.29, 0.717) is 19.4 Å². The molecule has 252 valence electrons. The van der Waals surface area contributed by atoms with Crippen molar-refractivity contribution in [3.8, 4) is 11.1 Å². The number of fused-ring (bicyclic) bond motifs is 3. The van der Waals surface area contributed by atoms with Crippen LogP contribution < -0.4 is 16.4 Å². The normalized spacial score (nSPS) is 12.5. The van der Waals surface area contributed by atoms with E-state index in [0.717, 1.165) is 22.3 Å². The fourth-order valence-electron chi connectivity index (χ4n) is 5.53. The summed E-state index contributed by atoms with van der Waals surface area (Å²) in [7, 11) is 0. The van der Waals surface area contributed by atoms with Crippen molar-refractivity contribution in [1.82, 2.24) is 10.6 Å². The van der Waals surface area contributed by atoms with Gasteiger partial charge in [-0.15, -0.1) is 0 Å². The van der Waals surface area contributed by atoms with Gasteiger partial charge in [0.05, 0.1) is 6.04 Å². The summed E-state index contributed by atoms with van der Waals surface area (Å²) in [5.41, 5.74) is 12.3. The molecule has 1 aliphatic carbocycles. The van der Waals surface area contributed by atoms with E-state index in [2.05, 4.69) is 59.2 Å². The first-order chi connectivity index (χ1) is 23.0. The Hall–Kier alpha value is -5.15. The number of nitrogens with two attached hydrogens (primary N) is 1. The van der Waals surface area contributed by atoms with E-state index in [1.165, 1.54) is 11.1 Å². The maximum atomic E-state index is 12.2. The summed E-state index contributed by atoms with van der Waals surface area (Å²) in [6.07, 6.45) is -0.0124. The van der Waals surface area contributed by atoms with Crippen LogP contribution in [-0.2, 0) is 14.3 Å². The third-order valence-corrected chi connectivity index (χ3v) is 7.84. The largest absolute Gasteiger partial charge is 0.480 e. The topological polar surface area (TPSA) is 140 Å². The van der Waals surface area contributed by atoms with E-state index >= 15 is 0 Å². The number of hydrogen-bond donors (Lipinski definition) is 4. The summed E-state index contributed by atoms with van der Waals surface area (Å²) >= 11 is 0. The monoisotopic (exact) mass is 651 g/mol. The van der Waals surface area contributed by atoms with Crippen molar-refractivity contribution in [2.75, 3.05) is 13.2 Å². The Kier molecular flexibility index (Phi) is 12.7. The number of ether oxygens (including phenoxy) is 2. The lowest BCUT2D eigenvalue weighted by Gasteiger charge is -2.22. The molecule has 0 bridgehead atoms. The zero-order chi connectivity index (χ0) is 34.5. The maximum Gasteiger partial charge on any atom is 0.408 e. The predicted molar refractivity (Wildman–Crippen MR) is 187 cm³/mol. The SMILES string of the molecule is CC(C)(C)OC(=O)N[C@@H](CCCCNC(=O)OCC1c2ccccc2-c2ccccc21)C(=O)O.NC(c1ccccc1)c1ccccc1. The summed E-state index contributed by atoms with van der Waals surface area (Å²) in [6.45, 7) is 5.70. The molecule has 1 atom stereocenters. The van der Waals surface area contributed by atoms with Crippen LogP contribution in [0.2, 0.25) is 0 Å². The fourth-order valence-corrected chi connectivity index (χ4v) is 5.53. The van der Waals surface area contributed by atoms with Crippen molar-refractivity contribution >= 4 is 18.2 Å². The summed E-state index contributed by atoms with van der Waals surface area (Å²) in [5.74, 6) is -1.14. The van der Waals surface area contributed by atoms with E-state index in [4.69, 9.17) is 15.2 Å². The summed E-state index contributed by atoms with van der Waals surface area (Å²) < 4.78 is 10.6. The highest BCUT2D eigenvalue weighted by molar-refractivity contribution is 5.80. The first-order valence-corrected chi connectivity index (χ1v) is 16.2. The number of rotatable bonds is 11. The first-order valence-electron chi connectivity index (χ1n) is 16.2. The molecule has 0 saturated carbocycles. The van der Waals surface area contributed by atoms with Crippen LogP contribution in [0.15, 0.2) is 109 Å². The number of benzene rings is 4. The number of carboxylic acid groups (broad SMARTS) is 1. The van der Waals surface area contributed by atoms with Crippen molar-refractivity contribution in [2.24, 2.45) is 5.73 Å². The van der Waals surface area contributed by atoms with E-state index < -0.39 is 29.8 Å². The Labute approximate surface area is 282 Å². The maximum absolute atomic E-state index is 12.2. The first kappa shape index (κ1) is 35.7. The minimum atomic E-state index is -1.13. The molecule has 0 radical (unpaired) electrons. The summed E-state index contributed by atoms with van der Waals surface area (Å²) in [6, 6.07) is 35.5. The predicted octanol–water partition coefficient (Wildman–Crippen LogP) is 7.41. The van der Waals surface area contributed by atoms with Crippen LogP contribution in [0.3, 0.4) is 0 Å². The third-order valence-electron chi connectivity index (χ3n) is 7.84. The second kappa shape index (κ2) is 17.1. The average Bonchev–Trinajstić information content (AvgIpc) is 3.40. The molecule has 0 unspecified atom stereocenters. The highest BCUT2D eigenvalue weighted by atomic mass is 16.6. The number of unbranched alkanes of at least 4 members (excludes halogenated alkanes) is 1. The molecule has 5 rings (SSSR count). The number of carbonyl (C=O) groups is 3. The number of aliphatic carboxylic acids is 1. The highest BCUT2D eigenvalue weighted by Crippen LogP contribution is 2.44. The highest BCUT2D eigenvalue weighted by Gasteiger charge is 2.29. The van der Waals surface area contributed by atoms with Crippen LogP contribution in [0.1, 0.15) is 74.2 Å².